The summed E-state index contributed by atoms with van der Waals surface area (Å²) in [5.74, 6) is -2.40. The summed E-state index contributed by atoms with van der Waals surface area (Å²) in [6, 6.07) is 13.0. The van der Waals surface area contributed by atoms with Crippen LogP contribution in [0.2, 0.25) is 0 Å². The molecule has 3 aromatic rings. The van der Waals surface area contributed by atoms with Crippen LogP contribution in [-0.4, -0.2) is 31.9 Å². The first-order chi connectivity index (χ1) is 12.8. The van der Waals surface area contributed by atoms with Crippen molar-refractivity contribution in [1.29, 1.82) is 0 Å². The molecule has 8 nitrogen and oxygen atoms in total. The minimum absolute atomic E-state index is 0.0674. The number of hydrogen-bond donors (Lipinski definition) is 3. The number of aromatic carboxylic acids is 1. The van der Waals surface area contributed by atoms with Crippen LogP contribution in [0.15, 0.2) is 63.9 Å². The molecule has 2 aromatic carbocycles. The zero-order valence-electron chi connectivity index (χ0n) is 13.6. The lowest BCUT2D eigenvalue weighted by atomic mass is 10.2. The first kappa shape index (κ1) is 18.3. The van der Waals surface area contributed by atoms with E-state index in [9.17, 15) is 19.5 Å². The summed E-state index contributed by atoms with van der Waals surface area (Å²) in [5.41, 5.74) is -0.148. The highest BCUT2D eigenvalue weighted by atomic mass is 79.9. The van der Waals surface area contributed by atoms with Crippen LogP contribution in [0, 0.1) is 0 Å². The van der Waals surface area contributed by atoms with Gasteiger partial charge >= 0.3 is 5.97 Å². The summed E-state index contributed by atoms with van der Waals surface area (Å²) < 4.78 is 1.80. The molecule has 0 atom stereocenters. The van der Waals surface area contributed by atoms with E-state index in [1.54, 1.807) is 24.3 Å². The molecule has 1 aromatic heterocycles. The molecule has 3 rings (SSSR count). The van der Waals surface area contributed by atoms with Gasteiger partial charge in [0.2, 0.25) is 0 Å². The van der Waals surface area contributed by atoms with E-state index in [1.807, 2.05) is 0 Å². The highest BCUT2D eigenvalue weighted by Crippen LogP contribution is 2.17. The minimum atomic E-state index is -1.09. The Morgan fingerprint density at radius 2 is 1.67 bits per heavy atom. The SMILES string of the molecule is O=C(O)c1ccc(NC(=O)c2nn(-c3ccc(Br)cc3)c(=O)cc2O)cc1. The summed E-state index contributed by atoms with van der Waals surface area (Å²) in [6.07, 6.45) is 0. The van der Waals surface area contributed by atoms with E-state index in [4.69, 9.17) is 5.11 Å². The average Bonchev–Trinajstić information content (AvgIpc) is 2.63. The zero-order chi connectivity index (χ0) is 19.6. The van der Waals surface area contributed by atoms with Gasteiger partial charge in [0.25, 0.3) is 11.5 Å². The lowest BCUT2D eigenvalue weighted by Crippen LogP contribution is -2.25. The van der Waals surface area contributed by atoms with Crippen molar-refractivity contribution >= 4 is 33.5 Å². The summed E-state index contributed by atoms with van der Waals surface area (Å²) in [6.45, 7) is 0. The summed E-state index contributed by atoms with van der Waals surface area (Å²) in [4.78, 5) is 35.4. The van der Waals surface area contributed by atoms with Crippen molar-refractivity contribution in [3.05, 3.63) is 80.7 Å². The number of rotatable bonds is 4. The maximum atomic E-state index is 12.4. The standard InChI is InChI=1S/C18H12BrN3O5/c19-11-3-7-13(8-4-11)22-15(24)9-14(23)16(21-22)17(25)20-12-5-1-10(2-6-12)18(26)27/h1-9,23H,(H,20,25)(H,26,27). The highest BCUT2D eigenvalue weighted by molar-refractivity contribution is 9.10. The van der Waals surface area contributed by atoms with Crippen LogP contribution in [-0.2, 0) is 0 Å². The van der Waals surface area contributed by atoms with Crippen LogP contribution < -0.4 is 10.9 Å². The van der Waals surface area contributed by atoms with Crippen LogP contribution in [0.3, 0.4) is 0 Å². The second-order valence-electron chi connectivity index (χ2n) is 5.44. The van der Waals surface area contributed by atoms with Gasteiger partial charge in [0.15, 0.2) is 11.4 Å². The summed E-state index contributed by atoms with van der Waals surface area (Å²) in [7, 11) is 0. The Morgan fingerprint density at radius 3 is 2.26 bits per heavy atom. The topological polar surface area (TPSA) is 122 Å². The van der Waals surface area contributed by atoms with Crippen molar-refractivity contribution in [3.8, 4) is 11.4 Å². The number of nitrogens with zero attached hydrogens (tertiary/aromatic N) is 2. The van der Waals surface area contributed by atoms with Gasteiger partial charge < -0.3 is 15.5 Å². The summed E-state index contributed by atoms with van der Waals surface area (Å²) >= 11 is 3.29. The fourth-order valence-corrected chi connectivity index (χ4v) is 2.53. The van der Waals surface area contributed by atoms with Gasteiger partial charge in [-0.1, -0.05) is 15.9 Å². The third kappa shape index (κ3) is 4.04. The van der Waals surface area contributed by atoms with Gasteiger partial charge in [0.1, 0.15) is 0 Å². The molecule has 0 spiro atoms. The first-order valence-corrected chi connectivity index (χ1v) is 8.38. The minimum Gasteiger partial charge on any atom is -0.505 e. The van der Waals surface area contributed by atoms with Crippen LogP contribution >= 0.6 is 15.9 Å². The van der Waals surface area contributed by atoms with E-state index in [2.05, 4.69) is 26.3 Å². The Balaban J connectivity index is 1.92. The number of aromatic nitrogens is 2. The van der Waals surface area contributed by atoms with Crippen LogP contribution in [0.1, 0.15) is 20.8 Å². The maximum Gasteiger partial charge on any atom is 0.335 e. The Morgan fingerprint density at radius 1 is 1.04 bits per heavy atom. The van der Waals surface area contributed by atoms with Crippen LogP contribution in [0.5, 0.6) is 5.75 Å². The van der Waals surface area contributed by atoms with Crippen LogP contribution in [0.4, 0.5) is 5.69 Å². The molecule has 3 N–H and O–H groups in total. The molecule has 0 saturated carbocycles. The quantitative estimate of drug-likeness (QED) is 0.585. The molecule has 1 amide bonds. The molecule has 0 bridgehead atoms. The number of anilines is 1. The van der Waals surface area contributed by atoms with Gasteiger partial charge in [0.05, 0.1) is 11.3 Å². The average molecular weight is 430 g/mol. The Labute approximate surface area is 160 Å². The number of amides is 1. The molecule has 136 valence electrons. The van der Waals surface area contributed by atoms with Crippen LogP contribution in [0.25, 0.3) is 5.69 Å². The summed E-state index contributed by atoms with van der Waals surface area (Å²) in [5, 5.41) is 25.3. The van der Waals surface area contributed by atoms with Crippen molar-refractivity contribution < 1.29 is 19.8 Å². The number of benzene rings is 2. The Bertz CT molecular complexity index is 1080. The molecule has 0 radical (unpaired) electrons. The number of aromatic hydroxyl groups is 1. The van der Waals surface area contributed by atoms with Crippen molar-refractivity contribution in [1.82, 2.24) is 9.78 Å². The molecule has 0 unspecified atom stereocenters. The lowest BCUT2D eigenvalue weighted by molar-refractivity contribution is 0.0696. The molecule has 0 aliphatic carbocycles. The van der Waals surface area contributed by atoms with Crippen molar-refractivity contribution in [2.24, 2.45) is 0 Å². The van der Waals surface area contributed by atoms with E-state index in [0.717, 1.165) is 15.2 Å². The van der Waals surface area contributed by atoms with Gasteiger partial charge in [-0.15, -0.1) is 0 Å². The second-order valence-corrected chi connectivity index (χ2v) is 6.36. The smallest absolute Gasteiger partial charge is 0.335 e. The molecule has 0 aliphatic rings. The number of carboxylic acid groups (broad SMARTS) is 1. The molecular formula is C18H12BrN3O5. The van der Waals surface area contributed by atoms with Gasteiger partial charge in [-0.25, -0.2) is 4.79 Å². The molecule has 0 saturated heterocycles. The Hall–Kier alpha value is -3.46. The highest BCUT2D eigenvalue weighted by Gasteiger charge is 2.17. The zero-order valence-corrected chi connectivity index (χ0v) is 15.2. The van der Waals surface area contributed by atoms with E-state index in [1.165, 1.54) is 24.3 Å². The second kappa shape index (κ2) is 7.42. The molecular weight excluding hydrogens is 418 g/mol. The Kier molecular flexibility index (Phi) is 5.04. The first-order valence-electron chi connectivity index (χ1n) is 7.59. The van der Waals surface area contributed by atoms with E-state index in [-0.39, 0.29) is 11.3 Å². The van der Waals surface area contributed by atoms with Gasteiger partial charge in [-0.3, -0.25) is 9.59 Å². The number of hydrogen-bond acceptors (Lipinski definition) is 5. The third-order valence-electron chi connectivity index (χ3n) is 3.59. The molecule has 27 heavy (non-hydrogen) atoms. The monoisotopic (exact) mass is 429 g/mol. The number of carbonyl (C=O) groups is 2. The van der Waals surface area contributed by atoms with Crippen molar-refractivity contribution in [2.45, 2.75) is 0 Å². The maximum absolute atomic E-state index is 12.4. The van der Waals surface area contributed by atoms with E-state index in [0.29, 0.717) is 11.4 Å². The van der Waals surface area contributed by atoms with Crippen molar-refractivity contribution in [3.63, 3.8) is 0 Å². The third-order valence-corrected chi connectivity index (χ3v) is 4.12. The largest absolute Gasteiger partial charge is 0.505 e. The van der Waals surface area contributed by atoms with Gasteiger partial charge in [0, 0.05) is 16.2 Å². The number of carbonyl (C=O) groups excluding carboxylic acids is 1. The van der Waals surface area contributed by atoms with Crippen molar-refractivity contribution in [2.75, 3.05) is 5.32 Å². The molecule has 0 fully saturated rings. The van der Waals surface area contributed by atoms with E-state index < -0.39 is 23.2 Å². The van der Waals surface area contributed by atoms with Gasteiger partial charge in [-0.2, -0.15) is 9.78 Å². The number of nitrogens with one attached hydrogen (secondary N) is 1. The molecule has 0 aliphatic heterocycles. The normalized spacial score (nSPS) is 10.4. The van der Waals surface area contributed by atoms with E-state index >= 15 is 0 Å². The van der Waals surface area contributed by atoms with Gasteiger partial charge in [-0.05, 0) is 48.5 Å². The molecule has 9 heteroatoms. The molecule has 1 heterocycles. The number of halogens is 1. The number of carboxylic acids is 1. The predicted octanol–water partition coefficient (Wildman–Crippen LogP) is 2.65. The predicted molar refractivity (Wildman–Crippen MR) is 101 cm³/mol. The fourth-order valence-electron chi connectivity index (χ4n) is 2.26. The fraction of sp³-hybridized carbons (Fsp3) is 0. The lowest BCUT2D eigenvalue weighted by Gasteiger charge is -2.10.